The van der Waals surface area contributed by atoms with Gasteiger partial charge in [-0.3, -0.25) is 4.57 Å². The topological polar surface area (TPSA) is 60.0 Å². The number of hydrogen-bond donors (Lipinski definition) is 1. The van der Waals surface area contributed by atoms with Crippen LogP contribution in [0.15, 0.2) is 12.3 Å². The Hall–Kier alpha value is -1.62. The molecular formula is C14H21N5. The minimum atomic E-state index is 0.585. The molecule has 1 fully saturated rings. The van der Waals surface area contributed by atoms with Gasteiger partial charge in [0.2, 0.25) is 5.95 Å². The van der Waals surface area contributed by atoms with Crippen molar-refractivity contribution in [3.05, 3.63) is 17.8 Å². The molecule has 3 rings (SSSR count). The molecule has 3 heterocycles. The molecule has 0 aromatic carbocycles. The predicted octanol–water partition coefficient (Wildman–Crippen LogP) is 1.66. The second kappa shape index (κ2) is 4.81. The molecule has 0 spiro atoms. The number of nitrogens with zero attached hydrogens (tertiary/aromatic N) is 4. The molecule has 1 saturated heterocycles. The molecule has 1 aliphatic rings. The van der Waals surface area contributed by atoms with Gasteiger partial charge in [-0.2, -0.15) is 0 Å². The van der Waals surface area contributed by atoms with Crippen LogP contribution in [-0.2, 0) is 6.54 Å². The largest absolute Gasteiger partial charge is 0.369 e. The van der Waals surface area contributed by atoms with E-state index < -0.39 is 0 Å². The quantitative estimate of drug-likeness (QED) is 0.891. The smallest absolute Gasteiger partial charge is 0.202 e. The minimum Gasteiger partial charge on any atom is -0.369 e. The van der Waals surface area contributed by atoms with E-state index in [2.05, 4.69) is 26.5 Å². The summed E-state index contributed by atoms with van der Waals surface area (Å²) in [5.41, 5.74) is 8.99. The third kappa shape index (κ3) is 2.42. The number of hydrogen-bond acceptors (Lipinski definition) is 4. The number of anilines is 1. The number of piperidine rings is 1. The van der Waals surface area contributed by atoms with Gasteiger partial charge in [-0.1, -0.05) is 0 Å². The average molecular weight is 259 g/mol. The predicted molar refractivity (Wildman–Crippen MR) is 76.9 cm³/mol. The van der Waals surface area contributed by atoms with Crippen molar-refractivity contribution in [2.24, 2.45) is 5.92 Å². The van der Waals surface area contributed by atoms with Crippen LogP contribution in [-0.4, -0.2) is 39.6 Å². The lowest BCUT2D eigenvalue weighted by Crippen LogP contribution is -2.34. The third-order valence-corrected chi connectivity index (χ3v) is 3.91. The Morgan fingerprint density at radius 2 is 2.32 bits per heavy atom. The molecule has 0 amide bonds. The molecular weight excluding hydrogens is 238 g/mol. The van der Waals surface area contributed by atoms with Gasteiger partial charge in [-0.15, -0.1) is 0 Å². The molecule has 0 bridgehead atoms. The molecule has 1 aliphatic heterocycles. The molecule has 5 heteroatoms. The summed E-state index contributed by atoms with van der Waals surface area (Å²) >= 11 is 0. The molecule has 2 aromatic heterocycles. The fourth-order valence-electron chi connectivity index (χ4n) is 2.99. The Labute approximate surface area is 113 Å². The third-order valence-electron chi connectivity index (χ3n) is 3.91. The van der Waals surface area contributed by atoms with E-state index in [4.69, 9.17) is 5.73 Å². The highest BCUT2D eigenvalue weighted by molar-refractivity contribution is 5.74. The molecule has 0 radical (unpaired) electrons. The summed E-state index contributed by atoms with van der Waals surface area (Å²) < 4.78 is 2.07. The Kier molecular flexibility index (Phi) is 3.14. The molecule has 19 heavy (non-hydrogen) atoms. The van der Waals surface area contributed by atoms with Crippen LogP contribution in [0, 0.1) is 12.8 Å². The first-order chi connectivity index (χ1) is 9.13. The summed E-state index contributed by atoms with van der Waals surface area (Å²) in [6, 6.07) is 2.04. The van der Waals surface area contributed by atoms with Crippen LogP contribution in [0.2, 0.25) is 0 Å². The van der Waals surface area contributed by atoms with Crippen LogP contribution >= 0.6 is 0 Å². The van der Waals surface area contributed by atoms with Crippen LogP contribution in [0.5, 0.6) is 0 Å². The van der Waals surface area contributed by atoms with Crippen molar-refractivity contribution in [1.82, 2.24) is 19.4 Å². The van der Waals surface area contributed by atoms with Gasteiger partial charge in [-0.05, 0) is 50.9 Å². The van der Waals surface area contributed by atoms with E-state index in [-0.39, 0.29) is 0 Å². The van der Waals surface area contributed by atoms with Gasteiger partial charge in [0.05, 0.1) is 0 Å². The number of imidazole rings is 1. The summed E-state index contributed by atoms with van der Waals surface area (Å²) in [6.07, 6.45) is 4.41. The van der Waals surface area contributed by atoms with E-state index in [0.29, 0.717) is 11.9 Å². The zero-order valence-electron chi connectivity index (χ0n) is 11.6. The number of aryl methyl sites for hydroxylation is 1. The Bertz CT molecular complexity index is 589. The maximum Gasteiger partial charge on any atom is 0.202 e. The summed E-state index contributed by atoms with van der Waals surface area (Å²) in [7, 11) is 2.18. The minimum absolute atomic E-state index is 0.585. The number of nitrogens with two attached hydrogens (primary N) is 1. The first-order valence-electron chi connectivity index (χ1n) is 6.90. The van der Waals surface area contributed by atoms with Crippen molar-refractivity contribution >= 4 is 17.1 Å². The fourth-order valence-corrected chi connectivity index (χ4v) is 2.99. The van der Waals surface area contributed by atoms with Gasteiger partial charge in [0.1, 0.15) is 5.52 Å². The lowest BCUT2D eigenvalue weighted by molar-refractivity contribution is 0.196. The van der Waals surface area contributed by atoms with E-state index in [1.807, 2.05) is 19.2 Å². The molecule has 5 nitrogen and oxygen atoms in total. The molecule has 0 saturated carbocycles. The molecule has 1 unspecified atom stereocenters. The summed E-state index contributed by atoms with van der Waals surface area (Å²) in [6.45, 7) is 5.28. The zero-order valence-corrected chi connectivity index (χ0v) is 11.6. The van der Waals surface area contributed by atoms with E-state index in [1.165, 1.54) is 19.4 Å². The van der Waals surface area contributed by atoms with Crippen LogP contribution in [0.4, 0.5) is 5.95 Å². The van der Waals surface area contributed by atoms with Gasteiger partial charge in [-0.25, -0.2) is 9.97 Å². The van der Waals surface area contributed by atoms with E-state index in [1.54, 1.807) is 0 Å². The summed E-state index contributed by atoms with van der Waals surface area (Å²) in [5, 5.41) is 0. The van der Waals surface area contributed by atoms with Crippen LogP contribution in [0.3, 0.4) is 0 Å². The highest BCUT2D eigenvalue weighted by Gasteiger charge is 2.20. The summed E-state index contributed by atoms with van der Waals surface area (Å²) in [5.74, 6) is 1.22. The maximum atomic E-state index is 6.05. The van der Waals surface area contributed by atoms with E-state index in [9.17, 15) is 0 Å². The van der Waals surface area contributed by atoms with Gasteiger partial charge in [0.15, 0.2) is 5.65 Å². The standard InChI is InChI=1S/C14H21N5/c1-10-6-12-13(16-7-10)19(14(15)17-12)9-11-4-3-5-18(2)8-11/h6-7,11H,3-5,8-9H2,1-2H3,(H2,15,17). The monoisotopic (exact) mass is 259 g/mol. The highest BCUT2D eigenvalue weighted by Crippen LogP contribution is 2.22. The van der Waals surface area contributed by atoms with E-state index >= 15 is 0 Å². The van der Waals surface area contributed by atoms with Crippen LogP contribution < -0.4 is 5.73 Å². The lowest BCUT2D eigenvalue weighted by atomic mass is 9.98. The highest BCUT2D eigenvalue weighted by atomic mass is 15.2. The fraction of sp³-hybridized carbons (Fsp3) is 0.571. The van der Waals surface area contributed by atoms with Crippen molar-refractivity contribution < 1.29 is 0 Å². The molecule has 0 aliphatic carbocycles. The molecule has 1 atom stereocenters. The number of rotatable bonds is 2. The van der Waals surface area contributed by atoms with Gasteiger partial charge in [0.25, 0.3) is 0 Å². The number of fused-ring (bicyclic) bond motifs is 1. The van der Waals surface area contributed by atoms with Crippen molar-refractivity contribution in [3.8, 4) is 0 Å². The molecule has 2 N–H and O–H groups in total. The SMILES string of the molecule is Cc1cnc2c(c1)nc(N)n2CC1CCCN(C)C1. The Balaban J connectivity index is 1.89. The van der Waals surface area contributed by atoms with Gasteiger partial charge >= 0.3 is 0 Å². The van der Waals surface area contributed by atoms with E-state index in [0.717, 1.165) is 29.8 Å². The normalized spacial score (nSPS) is 21.1. The van der Waals surface area contributed by atoms with Gasteiger partial charge in [0, 0.05) is 19.3 Å². The number of nitrogen functional groups attached to an aromatic ring is 1. The van der Waals surface area contributed by atoms with Crippen molar-refractivity contribution in [3.63, 3.8) is 0 Å². The second-order valence-electron chi connectivity index (χ2n) is 5.71. The lowest BCUT2D eigenvalue weighted by Gasteiger charge is -2.30. The van der Waals surface area contributed by atoms with Gasteiger partial charge < -0.3 is 10.6 Å². The first kappa shape index (κ1) is 12.4. The Morgan fingerprint density at radius 3 is 3.11 bits per heavy atom. The zero-order chi connectivity index (χ0) is 13.4. The first-order valence-corrected chi connectivity index (χ1v) is 6.90. The van der Waals surface area contributed by atoms with Crippen molar-refractivity contribution in [1.29, 1.82) is 0 Å². The average Bonchev–Trinajstić information content (AvgIpc) is 2.65. The second-order valence-corrected chi connectivity index (χ2v) is 5.71. The number of pyridine rings is 1. The van der Waals surface area contributed by atoms with Crippen molar-refractivity contribution in [2.75, 3.05) is 25.9 Å². The molecule has 2 aromatic rings. The Morgan fingerprint density at radius 1 is 1.47 bits per heavy atom. The van der Waals surface area contributed by atoms with Crippen LogP contribution in [0.1, 0.15) is 18.4 Å². The summed E-state index contributed by atoms with van der Waals surface area (Å²) in [4.78, 5) is 11.3. The molecule has 102 valence electrons. The number of likely N-dealkylation sites (tertiary alicyclic amines) is 1. The van der Waals surface area contributed by atoms with Crippen LogP contribution in [0.25, 0.3) is 11.2 Å². The maximum absolute atomic E-state index is 6.05. The van der Waals surface area contributed by atoms with Crippen molar-refractivity contribution in [2.45, 2.75) is 26.3 Å². The number of aromatic nitrogens is 3.